The van der Waals surface area contributed by atoms with Crippen LogP contribution in [0.5, 0.6) is 0 Å². The Morgan fingerprint density at radius 3 is 2.48 bits per heavy atom. The average molecular weight is 449 g/mol. The third-order valence-electron chi connectivity index (χ3n) is 4.66. The number of nitrogens with one attached hydrogen (secondary N) is 2. The minimum absolute atomic E-state index is 0.0842. The summed E-state index contributed by atoms with van der Waals surface area (Å²) >= 11 is 0. The summed E-state index contributed by atoms with van der Waals surface area (Å²) in [5.41, 5.74) is 2.45. The molecule has 3 aromatic rings. The van der Waals surface area contributed by atoms with Crippen molar-refractivity contribution in [2.75, 3.05) is 17.5 Å². The zero-order valence-corrected chi connectivity index (χ0v) is 17.9. The molecule has 0 radical (unpaired) electrons. The number of hydrogen-bond acceptors (Lipinski definition) is 5. The van der Waals surface area contributed by atoms with Crippen LogP contribution in [-0.2, 0) is 16.4 Å². The van der Waals surface area contributed by atoms with Crippen LogP contribution < -0.4 is 10.0 Å². The first kappa shape index (κ1) is 22.4. The van der Waals surface area contributed by atoms with E-state index in [9.17, 15) is 22.0 Å². The molecule has 0 saturated heterocycles. The summed E-state index contributed by atoms with van der Waals surface area (Å²) in [6.07, 6.45) is 2.17. The number of halogens is 2. The van der Waals surface area contributed by atoms with Crippen LogP contribution in [0.15, 0.2) is 41.0 Å². The van der Waals surface area contributed by atoms with Crippen molar-refractivity contribution in [3.63, 3.8) is 0 Å². The Morgan fingerprint density at radius 2 is 1.84 bits per heavy atom. The number of nitrogens with zero attached hydrogens (tertiary/aromatic N) is 1. The molecule has 0 unspecified atom stereocenters. The van der Waals surface area contributed by atoms with Crippen LogP contribution in [-0.4, -0.2) is 32.1 Å². The van der Waals surface area contributed by atoms with E-state index in [-0.39, 0.29) is 24.2 Å². The van der Waals surface area contributed by atoms with Gasteiger partial charge in [-0.2, -0.15) is 0 Å². The van der Waals surface area contributed by atoms with Crippen molar-refractivity contribution in [3.8, 4) is 11.5 Å². The van der Waals surface area contributed by atoms with E-state index in [1.807, 2.05) is 32.0 Å². The van der Waals surface area contributed by atoms with Gasteiger partial charge in [-0.1, -0.05) is 12.1 Å². The molecular formula is C21H21F2N3O4S. The number of carbonyl (C=O) groups excluding carboxylic acids is 1. The summed E-state index contributed by atoms with van der Waals surface area (Å²) < 4.78 is 57.7. The number of hydrogen-bond donors (Lipinski definition) is 2. The first-order valence-electron chi connectivity index (χ1n) is 9.31. The highest BCUT2D eigenvalue weighted by atomic mass is 32.2. The molecule has 1 heterocycles. The molecule has 31 heavy (non-hydrogen) atoms. The van der Waals surface area contributed by atoms with Crippen LogP contribution in [0.1, 0.15) is 27.2 Å². The first-order chi connectivity index (χ1) is 14.5. The highest BCUT2D eigenvalue weighted by Crippen LogP contribution is 2.25. The summed E-state index contributed by atoms with van der Waals surface area (Å²) in [5, 5.41) is 2.61. The molecule has 7 nitrogen and oxygen atoms in total. The predicted molar refractivity (Wildman–Crippen MR) is 112 cm³/mol. The molecule has 2 aromatic carbocycles. The molecule has 0 aliphatic rings. The van der Waals surface area contributed by atoms with Gasteiger partial charge in [-0.15, -0.1) is 0 Å². The molecule has 0 spiro atoms. The number of aryl methyl sites for hydroxylation is 1. The van der Waals surface area contributed by atoms with Gasteiger partial charge >= 0.3 is 0 Å². The van der Waals surface area contributed by atoms with Gasteiger partial charge < -0.3 is 9.73 Å². The second-order valence-electron chi connectivity index (χ2n) is 7.10. The number of carbonyl (C=O) groups is 1. The Labute approximate surface area is 178 Å². The number of amides is 1. The Hall–Kier alpha value is -3.27. The van der Waals surface area contributed by atoms with Crippen LogP contribution in [0.2, 0.25) is 0 Å². The van der Waals surface area contributed by atoms with E-state index >= 15 is 0 Å². The van der Waals surface area contributed by atoms with Crippen LogP contribution in [0.4, 0.5) is 14.5 Å². The monoisotopic (exact) mass is 449 g/mol. The lowest BCUT2D eigenvalue weighted by Gasteiger charge is -2.09. The maximum atomic E-state index is 14.0. The van der Waals surface area contributed by atoms with Gasteiger partial charge in [0.05, 0.1) is 6.26 Å². The molecule has 164 valence electrons. The Morgan fingerprint density at radius 1 is 1.16 bits per heavy atom. The Kier molecular flexibility index (Phi) is 6.40. The number of sulfonamides is 1. The predicted octanol–water partition coefficient (Wildman–Crippen LogP) is 3.58. The van der Waals surface area contributed by atoms with E-state index in [4.69, 9.17) is 4.42 Å². The molecule has 1 amide bonds. The van der Waals surface area contributed by atoms with Gasteiger partial charge in [0.15, 0.2) is 17.3 Å². The second kappa shape index (κ2) is 8.84. The lowest BCUT2D eigenvalue weighted by atomic mass is 10.0. The van der Waals surface area contributed by atoms with Gasteiger partial charge in [-0.25, -0.2) is 22.2 Å². The summed E-state index contributed by atoms with van der Waals surface area (Å²) in [6, 6.07) is 7.71. The molecular weight excluding hydrogens is 428 g/mol. The van der Waals surface area contributed by atoms with E-state index in [1.165, 1.54) is 6.26 Å². The van der Waals surface area contributed by atoms with Crippen molar-refractivity contribution >= 4 is 21.6 Å². The maximum absolute atomic E-state index is 14.0. The molecule has 1 aromatic heterocycles. The maximum Gasteiger partial charge on any atom is 0.273 e. The second-order valence-corrected chi connectivity index (χ2v) is 8.85. The fourth-order valence-corrected chi connectivity index (χ4v) is 3.51. The standard InChI is InChI=1S/C21H21F2N3O4S/c1-12-5-4-6-15(13(12)2)21-25-18(11-30-21)20(27)24-8-7-14-9-16(22)19(17(23)10-14)26-31(3,28)29/h4-6,9-11,26H,7-8H2,1-3H3,(H,24,27). The third kappa shape index (κ3) is 5.46. The van der Waals surface area contributed by atoms with Gasteiger partial charge in [0, 0.05) is 12.1 Å². The average Bonchev–Trinajstić information content (AvgIpc) is 3.16. The van der Waals surface area contributed by atoms with E-state index in [0.29, 0.717) is 5.89 Å². The van der Waals surface area contributed by atoms with Crippen LogP contribution in [0.25, 0.3) is 11.5 Å². The Balaban J connectivity index is 1.63. The van der Waals surface area contributed by atoms with Gasteiger partial charge in [0.25, 0.3) is 5.91 Å². The van der Waals surface area contributed by atoms with Crippen molar-refractivity contribution in [1.82, 2.24) is 10.3 Å². The zero-order valence-electron chi connectivity index (χ0n) is 17.1. The smallest absolute Gasteiger partial charge is 0.273 e. The van der Waals surface area contributed by atoms with E-state index < -0.39 is 33.3 Å². The summed E-state index contributed by atoms with van der Waals surface area (Å²) in [5.74, 6) is -2.25. The molecule has 2 N–H and O–H groups in total. The summed E-state index contributed by atoms with van der Waals surface area (Å²) in [7, 11) is -3.82. The van der Waals surface area contributed by atoms with E-state index in [1.54, 1.807) is 4.72 Å². The minimum Gasteiger partial charge on any atom is -0.444 e. The van der Waals surface area contributed by atoms with Crippen molar-refractivity contribution in [3.05, 3.63) is 70.6 Å². The minimum atomic E-state index is -3.82. The third-order valence-corrected chi connectivity index (χ3v) is 5.24. The van der Waals surface area contributed by atoms with Crippen LogP contribution in [0.3, 0.4) is 0 Å². The van der Waals surface area contributed by atoms with Crippen molar-refractivity contribution in [1.29, 1.82) is 0 Å². The fraction of sp³-hybridized carbons (Fsp3) is 0.238. The molecule has 0 bridgehead atoms. The molecule has 3 rings (SSSR count). The highest BCUT2D eigenvalue weighted by molar-refractivity contribution is 7.92. The van der Waals surface area contributed by atoms with Gasteiger partial charge in [-0.05, 0) is 55.2 Å². The van der Waals surface area contributed by atoms with Crippen molar-refractivity contribution in [2.45, 2.75) is 20.3 Å². The van der Waals surface area contributed by atoms with Gasteiger partial charge in [0.2, 0.25) is 15.9 Å². The van der Waals surface area contributed by atoms with Crippen molar-refractivity contribution in [2.24, 2.45) is 0 Å². The summed E-state index contributed by atoms with van der Waals surface area (Å²) in [4.78, 5) is 16.5. The number of benzene rings is 2. The zero-order chi connectivity index (χ0) is 22.8. The van der Waals surface area contributed by atoms with Crippen LogP contribution >= 0.6 is 0 Å². The van der Waals surface area contributed by atoms with Gasteiger partial charge in [0.1, 0.15) is 12.0 Å². The molecule has 0 aliphatic carbocycles. The lowest BCUT2D eigenvalue weighted by molar-refractivity contribution is 0.0949. The molecule has 0 atom stereocenters. The fourth-order valence-electron chi connectivity index (χ4n) is 2.95. The number of oxazole rings is 1. The molecule has 0 saturated carbocycles. The highest BCUT2D eigenvalue weighted by Gasteiger charge is 2.17. The molecule has 0 fully saturated rings. The van der Waals surface area contributed by atoms with E-state index in [0.717, 1.165) is 35.1 Å². The SMILES string of the molecule is Cc1cccc(-c2nc(C(=O)NCCc3cc(F)c(NS(C)(=O)=O)c(F)c3)co2)c1C. The normalized spacial score (nSPS) is 11.4. The van der Waals surface area contributed by atoms with E-state index in [2.05, 4.69) is 10.3 Å². The number of rotatable bonds is 7. The lowest BCUT2D eigenvalue weighted by Crippen LogP contribution is -2.26. The largest absolute Gasteiger partial charge is 0.444 e. The van der Waals surface area contributed by atoms with Gasteiger partial charge in [-0.3, -0.25) is 9.52 Å². The number of anilines is 1. The summed E-state index contributed by atoms with van der Waals surface area (Å²) in [6.45, 7) is 3.98. The van der Waals surface area contributed by atoms with Crippen LogP contribution in [0, 0.1) is 25.5 Å². The quantitative estimate of drug-likeness (QED) is 0.574. The van der Waals surface area contributed by atoms with Crippen molar-refractivity contribution < 1.29 is 26.4 Å². The molecule has 10 heteroatoms. The first-order valence-corrected chi connectivity index (χ1v) is 11.2. The topological polar surface area (TPSA) is 101 Å². The molecule has 0 aliphatic heterocycles. The Bertz CT molecular complexity index is 1220. The number of aromatic nitrogens is 1.